The standard InChI is InChI=1S/C13H20N2O4/c1-9(2)15-12(16)4-5-14-7-11-6-10(8-19-11)13(17)18-3/h6,8-9,14H,4-5,7H2,1-3H3,(H,15,16). The van der Waals surface area contributed by atoms with E-state index in [0.717, 1.165) is 0 Å². The third kappa shape index (κ3) is 5.56. The van der Waals surface area contributed by atoms with Crippen LogP contribution in [0.1, 0.15) is 36.4 Å². The van der Waals surface area contributed by atoms with Crippen LogP contribution in [0.4, 0.5) is 0 Å². The second-order valence-corrected chi connectivity index (χ2v) is 4.44. The molecule has 1 heterocycles. The smallest absolute Gasteiger partial charge is 0.341 e. The van der Waals surface area contributed by atoms with E-state index in [4.69, 9.17) is 4.42 Å². The Hall–Kier alpha value is -1.82. The maximum atomic E-state index is 11.4. The number of furan rings is 1. The molecular formula is C13H20N2O4. The first-order valence-corrected chi connectivity index (χ1v) is 6.18. The molecule has 0 atom stereocenters. The Labute approximate surface area is 112 Å². The van der Waals surface area contributed by atoms with E-state index in [2.05, 4.69) is 15.4 Å². The van der Waals surface area contributed by atoms with Crippen LogP contribution in [0.5, 0.6) is 0 Å². The van der Waals surface area contributed by atoms with Crippen LogP contribution in [0.25, 0.3) is 0 Å². The van der Waals surface area contributed by atoms with Crippen molar-refractivity contribution in [2.45, 2.75) is 32.9 Å². The van der Waals surface area contributed by atoms with E-state index >= 15 is 0 Å². The maximum Gasteiger partial charge on any atom is 0.341 e. The summed E-state index contributed by atoms with van der Waals surface area (Å²) in [7, 11) is 1.32. The molecule has 0 aliphatic carbocycles. The molecule has 1 rings (SSSR count). The minimum atomic E-state index is -0.425. The number of carbonyl (C=O) groups is 2. The molecule has 1 aromatic rings. The summed E-state index contributed by atoms with van der Waals surface area (Å²) in [6.07, 6.45) is 1.76. The van der Waals surface area contributed by atoms with Gasteiger partial charge in [0.1, 0.15) is 12.0 Å². The van der Waals surface area contributed by atoms with Gasteiger partial charge in [0.15, 0.2) is 0 Å². The fourth-order valence-corrected chi connectivity index (χ4v) is 1.51. The van der Waals surface area contributed by atoms with Gasteiger partial charge in [-0.15, -0.1) is 0 Å². The highest BCUT2D eigenvalue weighted by atomic mass is 16.5. The lowest BCUT2D eigenvalue weighted by atomic mass is 10.3. The summed E-state index contributed by atoms with van der Waals surface area (Å²) < 4.78 is 9.77. The average Bonchev–Trinajstić information content (AvgIpc) is 2.81. The summed E-state index contributed by atoms with van der Waals surface area (Å²) in [5, 5.41) is 5.87. The zero-order valence-electron chi connectivity index (χ0n) is 11.5. The minimum Gasteiger partial charge on any atom is -0.467 e. The van der Waals surface area contributed by atoms with Crippen molar-refractivity contribution in [2.75, 3.05) is 13.7 Å². The summed E-state index contributed by atoms with van der Waals surface area (Å²) in [5.41, 5.74) is 0.386. The van der Waals surface area contributed by atoms with Crippen molar-refractivity contribution in [3.05, 3.63) is 23.7 Å². The molecule has 19 heavy (non-hydrogen) atoms. The number of methoxy groups -OCH3 is 1. The number of carbonyl (C=O) groups excluding carboxylic acids is 2. The van der Waals surface area contributed by atoms with Crippen LogP contribution >= 0.6 is 0 Å². The molecule has 0 bridgehead atoms. The summed E-state index contributed by atoms with van der Waals surface area (Å²) in [6, 6.07) is 1.77. The Morgan fingerprint density at radius 1 is 1.42 bits per heavy atom. The number of amides is 1. The average molecular weight is 268 g/mol. The number of hydrogen-bond acceptors (Lipinski definition) is 5. The van der Waals surface area contributed by atoms with E-state index in [-0.39, 0.29) is 11.9 Å². The molecule has 106 valence electrons. The summed E-state index contributed by atoms with van der Waals surface area (Å²) in [5.74, 6) is 0.216. The van der Waals surface area contributed by atoms with E-state index in [1.807, 2.05) is 13.8 Å². The largest absolute Gasteiger partial charge is 0.467 e. The van der Waals surface area contributed by atoms with Gasteiger partial charge in [-0.05, 0) is 19.9 Å². The number of ether oxygens (including phenoxy) is 1. The summed E-state index contributed by atoms with van der Waals surface area (Å²) in [6.45, 7) is 4.85. The molecule has 0 saturated heterocycles. The molecule has 0 unspecified atom stereocenters. The summed E-state index contributed by atoms with van der Waals surface area (Å²) >= 11 is 0. The van der Waals surface area contributed by atoms with Crippen molar-refractivity contribution in [3.8, 4) is 0 Å². The molecule has 6 nitrogen and oxygen atoms in total. The van der Waals surface area contributed by atoms with E-state index in [1.165, 1.54) is 13.4 Å². The Morgan fingerprint density at radius 2 is 2.16 bits per heavy atom. The fraction of sp³-hybridized carbons (Fsp3) is 0.538. The van der Waals surface area contributed by atoms with E-state index in [1.54, 1.807) is 6.07 Å². The van der Waals surface area contributed by atoms with Gasteiger partial charge in [-0.25, -0.2) is 4.79 Å². The second kappa shape index (κ2) is 7.58. The van der Waals surface area contributed by atoms with Crippen LogP contribution in [0, 0.1) is 0 Å². The van der Waals surface area contributed by atoms with E-state index in [0.29, 0.717) is 30.8 Å². The zero-order chi connectivity index (χ0) is 14.3. The van der Waals surface area contributed by atoms with Gasteiger partial charge in [0.25, 0.3) is 0 Å². The lowest BCUT2D eigenvalue weighted by Gasteiger charge is -2.08. The Balaban J connectivity index is 2.24. The minimum absolute atomic E-state index is 0.0113. The van der Waals surface area contributed by atoms with Gasteiger partial charge in [-0.1, -0.05) is 0 Å². The monoisotopic (exact) mass is 268 g/mol. The first kappa shape index (κ1) is 15.2. The first-order valence-electron chi connectivity index (χ1n) is 6.18. The van der Waals surface area contributed by atoms with Gasteiger partial charge in [0, 0.05) is 19.0 Å². The number of esters is 1. The van der Waals surface area contributed by atoms with Crippen LogP contribution in [-0.2, 0) is 16.1 Å². The van der Waals surface area contributed by atoms with Gasteiger partial charge < -0.3 is 19.8 Å². The maximum absolute atomic E-state index is 11.4. The van der Waals surface area contributed by atoms with Crippen LogP contribution in [-0.4, -0.2) is 31.6 Å². The van der Waals surface area contributed by atoms with Gasteiger partial charge in [0.05, 0.1) is 19.2 Å². The fourth-order valence-electron chi connectivity index (χ4n) is 1.51. The molecule has 2 N–H and O–H groups in total. The molecule has 0 fully saturated rings. The van der Waals surface area contributed by atoms with Crippen molar-refractivity contribution in [2.24, 2.45) is 0 Å². The molecule has 0 aromatic carbocycles. The van der Waals surface area contributed by atoms with Crippen molar-refractivity contribution in [3.63, 3.8) is 0 Å². The quantitative estimate of drug-likeness (QED) is 0.571. The van der Waals surface area contributed by atoms with Crippen LogP contribution < -0.4 is 10.6 Å². The van der Waals surface area contributed by atoms with Crippen LogP contribution in [0.3, 0.4) is 0 Å². The molecule has 0 radical (unpaired) electrons. The molecule has 1 amide bonds. The van der Waals surface area contributed by atoms with E-state index in [9.17, 15) is 9.59 Å². The highest BCUT2D eigenvalue weighted by Crippen LogP contribution is 2.08. The van der Waals surface area contributed by atoms with Crippen LogP contribution in [0.2, 0.25) is 0 Å². The van der Waals surface area contributed by atoms with Gasteiger partial charge >= 0.3 is 5.97 Å². The Bertz CT molecular complexity index is 426. The Kier molecular flexibility index (Phi) is 6.08. The Morgan fingerprint density at radius 3 is 2.79 bits per heavy atom. The number of rotatable bonds is 7. The number of nitrogens with one attached hydrogen (secondary N) is 2. The van der Waals surface area contributed by atoms with Crippen molar-refractivity contribution >= 4 is 11.9 Å². The zero-order valence-corrected chi connectivity index (χ0v) is 11.5. The molecule has 0 spiro atoms. The van der Waals surface area contributed by atoms with Crippen molar-refractivity contribution < 1.29 is 18.7 Å². The van der Waals surface area contributed by atoms with Crippen molar-refractivity contribution in [1.82, 2.24) is 10.6 Å². The molecule has 0 saturated carbocycles. The lowest BCUT2D eigenvalue weighted by Crippen LogP contribution is -2.32. The second-order valence-electron chi connectivity index (χ2n) is 4.44. The molecular weight excluding hydrogens is 248 g/mol. The van der Waals surface area contributed by atoms with E-state index < -0.39 is 5.97 Å². The number of hydrogen-bond donors (Lipinski definition) is 2. The highest BCUT2D eigenvalue weighted by Gasteiger charge is 2.09. The topological polar surface area (TPSA) is 80.6 Å². The summed E-state index contributed by atoms with van der Waals surface area (Å²) in [4.78, 5) is 22.6. The molecule has 6 heteroatoms. The SMILES string of the molecule is COC(=O)c1coc(CNCCC(=O)NC(C)C)c1. The highest BCUT2D eigenvalue weighted by molar-refractivity contribution is 5.88. The molecule has 0 aliphatic rings. The van der Waals surface area contributed by atoms with Gasteiger partial charge in [0.2, 0.25) is 5.91 Å². The lowest BCUT2D eigenvalue weighted by molar-refractivity contribution is -0.121. The first-order chi connectivity index (χ1) is 9.02. The predicted molar refractivity (Wildman–Crippen MR) is 69.6 cm³/mol. The molecule has 0 aliphatic heterocycles. The van der Waals surface area contributed by atoms with Gasteiger partial charge in [-0.3, -0.25) is 4.79 Å². The third-order valence-electron chi connectivity index (χ3n) is 2.35. The van der Waals surface area contributed by atoms with Crippen molar-refractivity contribution in [1.29, 1.82) is 0 Å². The van der Waals surface area contributed by atoms with Gasteiger partial charge in [-0.2, -0.15) is 0 Å². The normalized spacial score (nSPS) is 10.5. The third-order valence-corrected chi connectivity index (χ3v) is 2.35. The van der Waals surface area contributed by atoms with Crippen LogP contribution in [0.15, 0.2) is 16.7 Å². The predicted octanol–water partition coefficient (Wildman–Crippen LogP) is 1.07. The molecule has 1 aromatic heterocycles.